The number of halogens is 1. The van der Waals surface area contributed by atoms with Crippen molar-refractivity contribution < 1.29 is 42.1 Å². The van der Waals surface area contributed by atoms with Crippen LogP contribution in [-0.2, 0) is 37.3 Å². The number of nitrogens with zero attached hydrogens (tertiary/aromatic N) is 5. The van der Waals surface area contributed by atoms with Crippen molar-refractivity contribution in [1.82, 2.24) is 14.7 Å². The van der Waals surface area contributed by atoms with Crippen LogP contribution in [0.25, 0.3) is 0 Å². The number of hydrogen-bond donors (Lipinski definition) is 1. The lowest BCUT2D eigenvalue weighted by Crippen LogP contribution is -2.45. The monoisotopic (exact) mass is 744 g/mol. The first-order chi connectivity index (χ1) is 24.0. The highest BCUT2D eigenvalue weighted by molar-refractivity contribution is 7.89. The number of para-hydroxylation sites is 1. The molecule has 2 amide bonds. The fraction of sp³-hybridized carbons (Fsp3) is 0.382. The number of rotatable bonds is 13. The van der Waals surface area contributed by atoms with Crippen molar-refractivity contribution >= 4 is 45.3 Å². The topological polar surface area (TPSA) is 173 Å². The Bertz CT molecular complexity index is 1880. The van der Waals surface area contributed by atoms with Crippen LogP contribution in [-0.4, -0.2) is 72.2 Å². The minimum atomic E-state index is -4.72. The summed E-state index contributed by atoms with van der Waals surface area (Å²) in [6, 6.07) is 16.9. The van der Waals surface area contributed by atoms with E-state index in [2.05, 4.69) is 10.7 Å². The molecule has 51 heavy (non-hydrogen) atoms. The number of carbonyl (C=O) groups excluding carboxylic acids is 3. The van der Waals surface area contributed by atoms with E-state index in [0.29, 0.717) is 29.4 Å². The van der Waals surface area contributed by atoms with E-state index in [0.717, 1.165) is 17.3 Å². The van der Waals surface area contributed by atoms with E-state index in [1.807, 2.05) is 31.2 Å². The number of amides is 2. The van der Waals surface area contributed by atoms with Gasteiger partial charge in [-0.1, -0.05) is 41.9 Å². The lowest BCUT2D eigenvalue weighted by atomic mass is 10.1. The first-order valence-corrected chi connectivity index (χ1v) is 17.9. The largest absolute Gasteiger partial charge is 0.569 e. The molecule has 0 bridgehead atoms. The van der Waals surface area contributed by atoms with Crippen molar-refractivity contribution in [1.29, 1.82) is 0 Å². The van der Waals surface area contributed by atoms with Gasteiger partial charge in [-0.15, -0.1) is 5.01 Å². The second kappa shape index (κ2) is 16.3. The average Bonchev–Trinajstić information content (AvgIpc) is 3.39. The average molecular weight is 745 g/mol. The highest BCUT2D eigenvalue weighted by Crippen LogP contribution is 2.32. The third-order valence-electron chi connectivity index (χ3n) is 7.65. The van der Waals surface area contributed by atoms with E-state index < -0.39 is 51.8 Å². The molecule has 274 valence electrons. The molecule has 4 rings (SSSR count). The Morgan fingerprint density at radius 2 is 1.69 bits per heavy atom. The molecule has 0 aliphatic carbocycles. The number of fused-ring (bicyclic) bond motifs is 1. The van der Waals surface area contributed by atoms with Gasteiger partial charge in [-0.25, -0.2) is 18.0 Å². The maximum Gasteiger partial charge on any atom is 0.424 e. The van der Waals surface area contributed by atoms with E-state index in [4.69, 9.17) is 25.9 Å². The van der Waals surface area contributed by atoms with Gasteiger partial charge in [0, 0.05) is 5.56 Å². The molecule has 1 aliphatic rings. The third-order valence-corrected chi connectivity index (χ3v) is 9.84. The van der Waals surface area contributed by atoms with Gasteiger partial charge in [-0.2, -0.15) is 4.31 Å². The maximum atomic E-state index is 14.1. The quantitative estimate of drug-likeness (QED) is 0.0557. The molecule has 3 aromatic carbocycles. The summed E-state index contributed by atoms with van der Waals surface area (Å²) in [7, 11) is -4.72. The van der Waals surface area contributed by atoms with Crippen LogP contribution in [0.2, 0.25) is 5.02 Å². The van der Waals surface area contributed by atoms with Crippen LogP contribution in [0.4, 0.5) is 10.5 Å². The van der Waals surface area contributed by atoms with Crippen LogP contribution in [0.15, 0.2) is 76.9 Å². The molecule has 0 saturated carbocycles. The smallest absolute Gasteiger partial charge is 0.424 e. The molecule has 0 spiro atoms. The number of anilines is 1. The highest BCUT2D eigenvalue weighted by atomic mass is 35.5. The zero-order valence-corrected chi connectivity index (χ0v) is 30.7. The van der Waals surface area contributed by atoms with Gasteiger partial charge < -0.3 is 19.5 Å². The molecule has 3 aromatic rings. The molecular formula is C34H41ClN6O9S. The summed E-state index contributed by atoms with van der Waals surface area (Å²) in [5.74, 6) is -1.38. The first kappa shape index (κ1) is 38.7. The van der Waals surface area contributed by atoms with Gasteiger partial charge in [0.1, 0.15) is 10.5 Å². The highest BCUT2D eigenvalue weighted by Gasteiger charge is 2.36. The van der Waals surface area contributed by atoms with Crippen molar-refractivity contribution in [3.8, 4) is 0 Å². The van der Waals surface area contributed by atoms with Gasteiger partial charge in [0.25, 0.3) is 22.7 Å². The Hall–Kier alpha value is -5.09. The molecule has 1 atom stereocenters. The third kappa shape index (κ3) is 9.58. The molecule has 15 nitrogen and oxygen atoms in total. The Kier molecular flexibility index (Phi) is 12.4. The van der Waals surface area contributed by atoms with Crippen molar-refractivity contribution in [2.45, 2.75) is 71.0 Å². The van der Waals surface area contributed by atoms with E-state index >= 15 is 0 Å². The van der Waals surface area contributed by atoms with Crippen molar-refractivity contribution in [2.75, 3.05) is 24.9 Å². The number of carbonyl (C=O) groups is 3. The van der Waals surface area contributed by atoms with E-state index in [9.17, 15) is 28.0 Å². The number of nitrogens with one attached hydrogen (secondary N) is 1. The number of hydrogen-bond acceptors (Lipinski definition) is 11. The minimum Gasteiger partial charge on any atom is -0.569 e. The summed E-state index contributed by atoms with van der Waals surface area (Å²) < 4.78 is 39.2. The van der Waals surface area contributed by atoms with Crippen LogP contribution in [0.5, 0.6) is 0 Å². The Morgan fingerprint density at radius 3 is 2.33 bits per heavy atom. The molecule has 17 heteroatoms. The van der Waals surface area contributed by atoms with E-state index in [1.165, 1.54) is 41.4 Å². The second-order valence-electron chi connectivity index (χ2n) is 12.5. The summed E-state index contributed by atoms with van der Waals surface area (Å²) in [5, 5.41) is 18.0. The van der Waals surface area contributed by atoms with Crippen molar-refractivity contribution in [3.05, 3.63) is 99.2 Å². The normalized spacial score (nSPS) is 14.4. The summed E-state index contributed by atoms with van der Waals surface area (Å²) >= 11 is 6.40. The summed E-state index contributed by atoms with van der Waals surface area (Å²) in [6.45, 7) is 9.89. The fourth-order valence-electron chi connectivity index (χ4n) is 5.10. The minimum absolute atomic E-state index is 0.00523. The zero-order chi connectivity index (χ0) is 37.5. The summed E-state index contributed by atoms with van der Waals surface area (Å²) in [6.07, 6.45) is -0.468. The van der Waals surface area contributed by atoms with Crippen molar-refractivity contribution in [3.63, 3.8) is 0 Å². The van der Waals surface area contributed by atoms with Crippen LogP contribution in [0.3, 0.4) is 0 Å². The van der Waals surface area contributed by atoms with Crippen LogP contribution >= 0.6 is 11.6 Å². The van der Waals surface area contributed by atoms with E-state index in [1.54, 1.807) is 39.6 Å². The fourth-order valence-corrected chi connectivity index (χ4v) is 6.89. The lowest BCUT2D eigenvalue weighted by molar-refractivity contribution is -0.710. The molecule has 1 aliphatic heterocycles. The Morgan fingerprint density at radius 1 is 1.04 bits per heavy atom. The number of benzene rings is 3. The van der Waals surface area contributed by atoms with Gasteiger partial charge in [0.15, 0.2) is 0 Å². The number of hydrazine groups is 2. The number of ether oxygens (including phenoxy) is 2. The maximum absolute atomic E-state index is 14.1. The van der Waals surface area contributed by atoms with Crippen molar-refractivity contribution in [2.24, 2.45) is 5.28 Å². The molecule has 0 aromatic heterocycles. The Labute approximate surface area is 301 Å². The number of sulfonamides is 1. The predicted molar refractivity (Wildman–Crippen MR) is 187 cm³/mol. The predicted octanol–water partition coefficient (Wildman–Crippen LogP) is 5.83. The Balaban J connectivity index is 1.54. The lowest BCUT2D eigenvalue weighted by Gasteiger charge is -2.28. The molecule has 1 N–H and O–H groups in total. The SMILES string of the molecule is CCN(CC)[N+]([O-])=NOCOC(=O)c1ccc(CN(C(=O)OC(C)(C)C)S(=O)(=O)c2cc(C(=O)NN3c4ccccc4CC3C)ccc2Cl)cc1. The van der Waals surface area contributed by atoms with Crippen LogP contribution in [0, 0.1) is 5.21 Å². The molecule has 1 unspecified atom stereocenters. The molecule has 0 fully saturated rings. The molecular weight excluding hydrogens is 704 g/mol. The molecule has 0 radical (unpaired) electrons. The van der Waals surface area contributed by atoms with Gasteiger partial charge in [0.05, 0.1) is 46.9 Å². The number of esters is 1. The molecule has 0 saturated heterocycles. The van der Waals surface area contributed by atoms with Gasteiger partial charge in [-0.3, -0.25) is 15.2 Å². The van der Waals surface area contributed by atoms with Gasteiger partial charge in [0.2, 0.25) is 5.28 Å². The van der Waals surface area contributed by atoms with Crippen LogP contribution in [0.1, 0.15) is 73.4 Å². The summed E-state index contributed by atoms with van der Waals surface area (Å²) in [4.78, 5) is 43.9. The zero-order valence-electron chi connectivity index (χ0n) is 29.2. The van der Waals surface area contributed by atoms with E-state index in [-0.39, 0.29) is 27.2 Å². The second-order valence-corrected chi connectivity index (χ2v) is 14.7. The molecule has 1 heterocycles. The van der Waals surface area contributed by atoms with Crippen LogP contribution < -0.4 is 10.4 Å². The van der Waals surface area contributed by atoms with Gasteiger partial charge in [-0.05, 0) is 95.5 Å². The summed E-state index contributed by atoms with van der Waals surface area (Å²) in [5.41, 5.74) is 4.06. The first-order valence-electron chi connectivity index (χ1n) is 16.1. The standard InChI is InChI=1S/C34H41ClN6O9S/c1-7-38(8-2)41(45)37-49-22-48-32(43)25-15-13-24(14-16-25)21-39(33(44)50-34(4,5)6)51(46,47)30-20-27(17-18-28(30)35)31(42)36-40-23(3)19-26-11-9-10-12-29(26)40/h9-18,20,23H,7-8,19,21-22H2,1-6H3,(H,36,42). The van der Waals surface area contributed by atoms with Gasteiger partial charge >= 0.3 is 12.1 Å².